The number of aromatic nitrogens is 1. The number of fused-ring (bicyclic) bond motifs is 1. The summed E-state index contributed by atoms with van der Waals surface area (Å²) in [6.45, 7) is 4.11. The third-order valence-electron chi connectivity index (χ3n) is 3.31. The Morgan fingerprint density at radius 1 is 1.29 bits per heavy atom. The molecule has 0 radical (unpaired) electrons. The van der Waals surface area contributed by atoms with Gasteiger partial charge < -0.3 is 18.9 Å². The van der Waals surface area contributed by atoms with Crippen LogP contribution in [0.1, 0.15) is 11.3 Å². The van der Waals surface area contributed by atoms with Gasteiger partial charge in [-0.2, -0.15) is 0 Å². The predicted molar refractivity (Wildman–Crippen MR) is 80.0 cm³/mol. The Morgan fingerprint density at radius 3 is 3.05 bits per heavy atom. The van der Waals surface area contributed by atoms with E-state index in [1.165, 1.54) is 12.0 Å². The number of methoxy groups -OCH3 is 1. The Balaban J connectivity index is 1.83. The van der Waals surface area contributed by atoms with Gasteiger partial charge in [0.25, 0.3) is 0 Å². The van der Waals surface area contributed by atoms with E-state index < -0.39 is 0 Å². The normalized spacial score (nSPS) is 11.3. The van der Waals surface area contributed by atoms with Gasteiger partial charge in [-0.3, -0.25) is 0 Å². The fourth-order valence-corrected chi connectivity index (χ4v) is 2.25. The molecule has 0 saturated carbocycles. The molecule has 0 amide bonds. The lowest BCUT2D eigenvalue weighted by Crippen LogP contribution is -2.19. The summed E-state index contributed by atoms with van der Waals surface area (Å²) in [7, 11) is 1.68. The maximum atomic E-state index is 5.85. The number of hydrogen-bond acceptors (Lipinski definition) is 5. The van der Waals surface area contributed by atoms with Gasteiger partial charge in [-0.15, -0.1) is 0 Å². The van der Waals surface area contributed by atoms with Crippen LogP contribution in [0.25, 0.3) is 22.5 Å². The van der Waals surface area contributed by atoms with Gasteiger partial charge in [-0.1, -0.05) is 11.6 Å². The summed E-state index contributed by atoms with van der Waals surface area (Å²) in [5.74, 6) is 1.38. The smallest absolute Gasteiger partial charge is 0.194 e. The Hall–Kier alpha value is -2.11. The molecule has 2 aromatic heterocycles. The highest BCUT2D eigenvalue weighted by Crippen LogP contribution is 2.30. The number of ether oxygens (including phenoxy) is 1. The number of oxazole rings is 1. The minimum Gasteiger partial charge on any atom is -0.453 e. The molecule has 0 unspecified atom stereocenters. The van der Waals surface area contributed by atoms with E-state index in [2.05, 4.69) is 23.3 Å². The molecule has 0 atom stereocenters. The lowest BCUT2D eigenvalue weighted by Gasteiger charge is -2.02. The van der Waals surface area contributed by atoms with E-state index in [1.807, 2.05) is 18.2 Å². The highest BCUT2D eigenvalue weighted by molar-refractivity contribution is 5.82. The van der Waals surface area contributed by atoms with Gasteiger partial charge in [0, 0.05) is 25.6 Å². The molecule has 5 nitrogen and oxygen atoms in total. The van der Waals surface area contributed by atoms with E-state index in [1.54, 1.807) is 7.11 Å². The lowest BCUT2D eigenvalue weighted by molar-refractivity contribution is 0.199. The molecule has 0 bridgehead atoms. The van der Waals surface area contributed by atoms with Crippen molar-refractivity contribution in [3.63, 3.8) is 0 Å². The number of hydrogen-bond donors (Lipinski definition) is 1. The number of benzene rings is 1. The second kappa shape index (κ2) is 6.11. The monoisotopic (exact) mass is 286 g/mol. The van der Waals surface area contributed by atoms with Crippen molar-refractivity contribution in [1.82, 2.24) is 10.3 Å². The Labute approximate surface area is 122 Å². The zero-order valence-electron chi connectivity index (χ0n) is 12.2. The van der Waals surface area contributed by atoms with Crippen LogP contribution in [-0.2, 0) is 11.3 Å². The molecule has 0 fully saturated rings. The van der Waals surface area contributed by atoms with E-state index in [0.29, 0.717) is 24.7 Å². The summed E-state index contributed by atoms with van der Waals surface area (Å²) in [5, 5.41) is 4.32. The number of rotatable bonds is 6. The average Bonchev–Trinajstić information content (AvgIpc) is 3.08. The SMILES string of the molecule is COCCNCc1ncoc1-c1cc2cc(C)ccc2o1. The lowest BCUT2D eigenvalue weighted by atomic mass is 10.2. The molecule has 5 heteroatoms. The largest absolute Gasteiger partial charge is 0.453 e. The molecular weight excluding hydrogens is 268 g/mol. The quantitative estimate of drug-likeness (QED) is 0.705. The molecule has 0 aliphatic heterocycles. The third-order valence-corrected chi connectivity index (χ3v) is 3.31. The van der Waals surface area contributed by atoms with Crippen LogP contribution in [-0.4, -0.2) is 25.2 Å². The second-order valence-corrected chi connectivity index (χ2v) is 4.95. The van der Waals surface area contributed by atoms with Gasteiger partial charge >= 0.3 is 0 Å². The van der Waals surface area contributed by atoms with Gasteiger partial charge in [0.05, 0.1) is 6.61 Å². The van der Waals surface area contributed by atoms with Crippen LogP contribution in [0.2, 0.25) is 0 Å². The number of aryl methyl sites for hydroxylation is 1. The van der Waals surface area contributed by atoms with Crippen LogP contribution < -0.4 is 5.32 Å². The average molecular weight is 286 g/mol. The molecule has 3 aromatic rings. The first kappa shape index (κ1) is 13.9. The van der Waals surface area contributed by atoms with Crippen LogP contribution in [0.5, 0.6) is 0 Å². The van der Waals surface area contributed by atoms with Crippen molar-refractivity contribution in [2.24, 2.45) is 0 Å². The summed E-state index contributed by atoms with van der Waals surface area (Å²) in [4.78, 5) is 4.25. The number of furan rings is 1. The fraction of sp³-hybridized carbons (Fsp3) is 0.312. The first-order valence-electron chi connectivity index (χ1n) is 6.90. The highest BCUT2D eigenvalue weighted by Gasteiger charge is 2.15. The Kier molecular flexibility index (Phi) is 4.03. The minimum atomic E-state index is 0.616. The van der Waals surface area contributed by atoms with Crippen molar-refractivity contribution in [2.45, 2.75) is 13.5 Å². The highest BCUT2D eigenvalue weighted by atomic mass is 16.5. The van der Waals surface area contributed by atoms with Crippen LogP contribution in [0.15, 0.2) is 39.5 Å². The topological polar surface area (TPSA) is 60.4 Å². The first-order valence-corrected chi connectivity index (χ1v) is 6.90. The standard InChI is InChI=1S/C16H18N2O3/c1-11-3-4-14-12(7-11)8-15(21-14)16-13(18-10-20-16)9-17-5-6-19-2/h3-4,7-8,10,17H,5-6,9H2,1-2H3. The zero-order chi connectivity index (χ0) is 14.7. The van der Waals surface area contributed by atoms with Crippen LogP contribution in [0.3, 0.4) is 0 Å². The Morgan fingerprint density at radius 2 is 2.19 bits per heavy atom. The van der Waals surface area contributed by atoms with Crippen LogP contribution in [0, 0.1) is 6.92 Å². The van der Waals surface area contributed by atoms with Gasteiger partial charge in [0.1, 0.15) is 11.3 Å². The molecule has 0 aliphatic carbocycles. The van der Waals surface area contributed by atoms with E-state index in [4.69, 9.17) is 13.6 Å². The summed E-state index contributed by atoms with van der Waals surface area (Å²) in [6, 6.07) is 8.08. The van der Waals surface area contributed by atoms with Crippen molar-refractivity contribution in [3.05, 3.63) is 41.9 Å². The molecule has 21 heavy (non-hydrogen) atoms. The van der Waals surface area contributed by atoms with Crippen LogP contribution in [0.4, 0.5) is 0 Å². The predicted octanol–water partition coefficient (Wildman–Crippen LogP) is 3.13. The molecule has 0 aliphatic rings. The maximum Gasteiger partial charge on any atom is 0.194 e. The second-order valence-electron chi connectivity index (χ2n) is 4.95. The molecule has 0 saturated heterocycles. The van der Waals surface area contributed by atoms with E-state index in [9.17, 15) is 0 Å². The molecule has 1 N–H and O–H groups in total. The molecule has 0 spiro atoms. The number of nitrogens with zero attached hydrogens (tertiary/aromatic N) is 1. The third kappa shape index (κ3) is 2.99. The summed E-state index contributed by atoms with van der Waals surface area (Å²) < 4.78 is 16.3. The maximum absolute atomic E-state index is 5.85. The summed E-state index contributed by atoms with van der Waals surface area (Å²) in [5.41, 5.74) is 2.89. The van der Waals surface area contributed by atoms with E-state index >= 15 is 0 Å². The van der Waals surface area contributed by atoms with Crippen molar-refractivity contribution < 1.29 is 13.6 Å². The van der Waals surface area contributed by atoms with Crippen molar-refractivity contribution >= 4 is 11.0 Å². The van der Waals surface area contributed by atoms with Gasteiger partial charge in [0.15, 0.2) is 17.9 Å². The minimum absolute atomic E-state index is 0.616. The van der Waals surface area contributed by atoms with Gasteiger partial charge in [0.2, 0.25) is 0 Å². The first-order chi connectivity index (χ1) is 10.3. The van der Waals surface area contributed by atoms with Crippen LogP contribution >= 0.6 is 0 Å². The summed E-state index contributed by atoms with van der Waals surface area (Å²) >= 11 is 0. The van der Waals surface area contributed by atoms with E-state index in [0.717, 1.165) is 23.2 Å². The van der Waals surface area contributed by atoms with Crippen molar-refractivity contribution in [3.8, 4) is 11.5 Å². The molecule has 2 heterocycles. The van der Waals surface area contributed by atoms with Crippen molar-refractivity contribution in [2.75, 3.05) is 20.3 Å². The van der Waals surface area contributed by atoms with Gasteiger partial charge in [-0.05, 0) is 25.1 Å². The zero-order valence-corrected chi connectivity index (χ0v) is 12.2. The number of nitrogens with one attached hydrogen (secondary N) is 1. The molecule has 1 aromatic carbocycles. The molecule has 110 valence electrons. The fourth-order valence-electron chi connectivity index (χ4n) is 2.25. The molecule has 3 rings (SSSR count). The Bertz CT molecular complexity index is 730. The summed E-state index contributed by atoms with van der Waals surface area (Å²) in [6.07, 6.45) is 1.45. The van der Waals surface area contributed by atoms with Crippen molar-refractivity contribution in [1.29, 1.82) is 0 Å². The van der Waals surface area contributed by atoms with E-state index in [-0.39, 0.29) is 0 Å². The molecular formula is C16H18N2O3. The van der Waals surface area contributed by atoms with Gasteiger partial charge in [-0.25, -0.2) is 4.98 Å².